The van der Waals surface area contributed by atoms with Crippen LogP contribution in [0, 0.1) is 5.82 Å². The maximum Gasteiger partial charge on any atom is 0.251 e. The maximum absolute atomic E-state index is 13.7. The van der Waals surface area contributed by atoms with Crippen LogP contribution in [-0.4, -0.2) is 43.5 Å². The third kappa shape index (κ3) is 5.58. The monoisotopic (exact) mass is 358 g/mol. The van der Waals surface area contributed by atoms with Gasteiger partial charge in [-0.3, -0.25) is 9.59 Å². The summed E-state index contributed by atoms with van der Waals surface area (Å²) in [7, 11) is 1.56. The number of ether oxygens (including phenoxy) is 1. The zero-order valence-corrected chi connectivity index (χ0v) is 15.0. The molecule has 0 heterocycles. The molecular weight excluding hydrogens is 335 g/mol. The average Bonchev–Trinajstić information content (AvgIpc) is 2.65. The van der Waals surface area contributed by atoms with Crippen molar-refractivity contribution in [3.63, 3.8) is 0 Å². The van der Waals surface area contributed by atoms with Gasteiger partial charge in [0.1, 0.15) is 11.6 Å². The van der Waals surface area contributed by atoms with Crippen LogP contribution in [-0.2, 0) is 11.2 Å². The van der Waals surface area contributed by atoms with Crippen LogP contribution < -0.4 is 10.1 Å². The van der Waals surface area contributed by atoms with Crippen molar-refractivity contribution in [2.24, 2.45) is 0 Å². The van der Waals surface area contributed by atoms with Gasteiger partial charge in [0.2, 0.25) is 5.91 Å². The van der Waals surface area contributed by atoms with E-state index in [1.54, 1.807) is 54.5 Å². The SMILES string of the molecule is COc1ccc(C(=O)NCCN(CCc2ccccc2F)C(C)=O)cc1. The smallest absolute Gasteiger partial charge is 0.251 e. The number of nitrogens with zero attached hydrogens (tertiary/aromatic N) is 1. The lowest BCUT2D eigenvalue weighted by molar-refractivity contribution is -0.128. The van der Waals surface area contributed by atoms with Crippen molar-refractivity contribution < 1.29 is 18.7 Å². The zero-order valence-electron chi connectivity index (χ0n) is 15.0. The Kier molecular flexibility index (Phi) is 7.14. The summed E-state index contributed by atoms with van der Waals surface area (Å²) in [5.74, 6) is 0.0755. The number of hydrogen-bond acceptors (Lipinski definition) is 3. The lowest BCUT2D eigenvalue weighted by atomic mass is 10.1. The second kappa shape index (κ2) is 9.56. The number of halogens is 1. The number of carbonyl (C=O) groups excluding carboxylic acids is 2. The van der Waals surface area contributed by atoms with Crippen LogP contribution in [0.15, 0.2) is 48.5 Å². The van der Waals surface area contributed by atoms with Crippen molar-refractivity contribution >= 4 is 11.8 Å². The standard InChI is InChI=1S/C20H23FN2O3/c1-15(24)23(13-11-16-5-3-4-6-19(16)21)14-12-22-20(25)17-7-9-18(26-2)10-8-17/h3-10H,11-14H2,1-2H3,(H,22,25). The Bertz CT molecular complexity index is 747. The van der Waals surface area contributed by atoms with Gasteiger partial charge in [-0.1, -0.05) is 18.2 Å². The van der Waals surface area contributed by atoms with Gasteiger partial charge >= 0.3 is 0 Å². The van der Waals surface area contributed by atoms with E-state index in [0.717, 1.165) is 0 Å². The molecule has 0 radical (unpaired) electrons. The fraction of sp³-hybridized carbons (Fsp3) is 0.300. The highest BCUT2D eigenvalue weighted by Gasteiger charge is 2.11. The van der Waals surface area contributed by atoms with E-state index in [1.165, 1.54) is 13.0 Å². The average molecular weight is 358 g/mol. The van der Waals surface area contributed by atoms with Crippen LogP contribution in [0.4, 0.5) is 4.39 Å². The second-order valence-electron chi connectivity index (χ2n) is 5.83. The van der Waals surface area contributed by atoms with Gasteiger partial charge in [-0.25, -0.2) is 4.39 Å². The molecule has 2 amide bonds. The van der Waals surface area contributed by atoms with Crippen molar-refractivity contribution in [2.45, 2.75) is 13.3 Å². The Hall–Kier alpha value is -2.89. The molecule has 0 fully saturated rings. The van der Waals surface area contributed by atoms with Crippen molar-refractivity contribution in [1.82, 2.24) is 10.2 Å². The lowest BCUT2D eigenvalue weighted by Crippen LogP contribution is -2.38. The summed E-state index contributed by atoms with van der Waals surface area (Å²) in [6.45, 7) is 2.55. The molecule has 0 atom stereocenters. The molecule has 2 aromatic rings. The second-order valence-corrected chi connectivity index (χ2v) is 5.83. The number of hydrogen-bond donors (Lipinski definition) is 1. The molecule has 26 heavy (non-hydrogen) atoms. The van der Waals surface area contributed by atoms with Crippen LogP contribution in [0.1, 0.15) is 22.8 Å². The summed E-state index contributed by atoms with van der Waals surface area (Å²) in [4.78, 5) is 25.5. The summed E-state index contributed by atoms with van der Waals surface area (Å²) in [6, 6.07) is 13.3. The summed E-state index contributed by atoms with van der Waals surface area (Å²) in [5.41, 5.74) is 1.09. The van der Waals surface area contributed by atoms with Gasteiger partial charge in [-0.05, 0) is 42.3 Å². The number of amides is 2. The molecule has 0 saturated heterocycles. The van der Waals surface area contributed by atoms with E-state index in [9.17, 15) is 14.0 Å². The van der Waals surface area contributed by atoms with Gasteiger partial charge in [0.05, 0.1) is 7.11 Å². The number of carbonyl (C=O) groups is 2. The largest absolute Gasteiger partial charge is 0.497 e. The zero-order chi connectivity index (χ0) is 18.9. The first-order chi connectivity index (χ1) is 12.5. The Morgan fingerprint density at radius 1 is 1.08 bits per heavy atom. The Morgan fingerprint density at radius 2 is 1.77 bits per heavy atom. The van der Waals surface area contributed by atoms with Gasteiger partial charge in [0.15, 0.2) is 0 Å². The van der Waals surface area contributed by atoms with Crippen molar-refractivity contribution in [1.29, 1.82) is 0 Å². The lowest BCUT2D eigenvalue weighted by Gasteiger charge is -2.21. The van der Waals surface area contributed by atoms with Gasteiger partial charge in [-0.2, -0.15) is 0 Å². The van der Waals surface area contributed by atoms with E-state index >= 15 is 0 Å². The minimum Gasteiger partial charge on any atom is -0.497 e. The van der Waals surface area contributed by atoms with E-state index < -0.39 is 0 Å². The molecule has 0 bridgehead atoms. The normalized spacial score (nSPS) is 10.3. The third-order valence-electron chi connectivity index (χ3n) is 4.07. The van der Waals surface area contributed by atoms with E-state index in [4.69, 9.17) is 4.74 Å². The maximum atomic E-state index is 13.7. The molecule has 0 spiro atoms. The van der Waals surface area contributed by atoms with Gasteiger partial charge in [-0.15, -0.1) is 0 Å². The molecule has 5 nitrogen and oxygen atoms in total. The van der Waals surface area contributed by atoms with Crippen molar-refractivity contribution in [3.05, 3.63) is 65.5 Å². The fourth-order valence-corrected chi connectivity index (χ4v) is 2.53. The Labute approximate surface area is 152 Å². The first-order valence-electron chi connectivity index (χ1n) is 8.42. The fourth-order valence-electron chi connectivity index (χ4n) is 2.53. The van der Waals surface area contributed by atoms with Gasteiger partial charge in [0.25, 0.3) is 5.91 Å². The minimum atomic E-state index is -0.274. The molecule has 0 aliphatic heterocycles. The molecule has 6 heteroatoms. The van der Waals surface area contributed by atoms with Crippen LogP contribution in [0.25, 0.3) is 0 Å². The van der Waals surface area contributed by atoms with Crippen LogP contribution in [0.5, 0.6) is 5.75 Å². The van der Waals surface area contributed by atoms with E-state index in [0.29, 0.717) is 42.9 Å². The molecule has 0 aliphatic rings. The summed E-state index contributed by atoms with van der Waals surface area (Å²) in [5, 5.41) is 2.78. The number of benzene rings is 2. The minimum absolute atomic E-state index is 0.111. The molecular formula is C20H23FN2O3. The first-order valence-corrected chi connectivity index (χ1v) is 8.42. The quantitative estimate of drug-likeness (QED) is 0.789. The van der Waals surface area contributed by atoms with Gasteiger partial charge in [0, 0.05) is 32.1 Å². The highest BCUT2D eigenvalue weighted by atomic mass is 19.1. The van der Waals surface area contributed by atoms with Crippen LogP contribution in [0.3, 0.4) is 0 Å². The van der Waals surface area contributed by atoms with Gasteiger partial charge < -0.3 is 15.0 Å². The summed E-state index contributed by atoms with van der Waals surface area (Å²) >= 11 is 0. The number of methoxy groups -OCH3 is 1. The van der Waals surface area contributed by atoms with Crippen molar-refractivity contribution in [3.8, 4) is 5.75 Å². The highest BCUT2D eigenvalue weighted by Crippen LogP contribution is 2.11. The molecule has 2 rings (SSSR count). The molecule has 0 aromatic heterocycles. The molecule has 0 aliphatic carbocycles. The number of rotatable bonds is 8. The highest BCUT2D eigenvalue weighted by molar-refractivity contribution is 5.94. The van der Waals surface area contributed by atoms with Crippen LogP contribution in [0.2, 0.25) is 0 Å². The molecule has 0 saturated carbocycles. The summed E-state index contributed by atoms with van der Waals surface area (Å²) < 4.78 is 18.7. The van der Waals surface area contributed by atoms with Crippen LogP contribution >= 0.6 is 0 Å². The Morgan fingerprint density at radius 3 is 2.38 bits per heavy atom. The predicted octanol–water partition coefficient (Wildman–Crippen LogP) is 2.66. The molecule has 0 unspecified atom stereocenters. The Balaban J connectivity index is 1.83. The topological polar surface area (TPSA) is 58.6 Å². The summed E-state index contributed by atoms with van der Waals surface area (Å²) in [6.07, 6.45) is 0.429. The third-order valence-corrected chi connectivity index (χ3v) is 4.07. The molecule has 138 valence electrons. The van der Waals surface area contributed by atoms with Crippen molar-refractivity contribution in [2.75, 3.05) is 26.7 Å². The predicted molar refractivity (Wildman–Crippen MR) is 97.7 cm³/mol. The van der Waals surface area contributed by atoms with E-state index in [2.05, 4.69) is 5.32 Å². The van der Waals surface area contributed by atoms with E-state index in [-0.39, 0.29) is 17.6 Å². The van der Waals surface area contributed by atoms with E-state index in [1.807, 2.05) is 0 Å². The first kappa shape index (κ1) is 19.4. The molecule has 2 aromatic carbocycles. The number of nitrogens with one attached hydrogen (secondary N) is 1. The molecule has 1 N–H and O–H groups in total.